The van der Waals surface area contributed by atoms with Crippen LogP contribution in [0, 0.1) is 5.92 Å². The van der Waals surface area contributed by atoms with Gasteiger partial charge in [-0.15, -0.1) is 0 Å². The van der Waals surface area contributed by atoms with Gasteiger partial charge in [-0.05, 0) is 25.1 Å². The number of hydrogen-bond acceptors (Lipinski definition) is 2. The maximum atomic E-state index is 2.52. The lowest BCUT2D eigenvalue weighted by atomic mass is 10.1. The van der Waals surface area contributed by atoms with Gasteiger partial charge in [0, 0.05) is 18.3 Å². The molecular weight excluding hydrogens is 154 g/mol. The fraction of sp³-hybridized carbons (Fsp3) is 1.00. The Morgan fingerprint density at radius 1 is 1.55 bits per heavy atom. The number of nitrogens with zero attached hydrogens (tertiary/aromatic N) is 1. The molecule has 0 aromatic carbocycles. The Bertz CT molecular complexity index is 108. The Kier molecular flexibility index (Phi) is 3.73. The van der Waals surface area contributed by atoms with E-state index in [0.29, 0.717) is 0 Å². The first kappa shape index (κ1) is 9.40. The summed E-state index contributed by atoms with van der Waals surface area (Å²) in [5.41, 5.74) is 0. The Hall–Kier alpha value is 0.310. The summed E-state index contributed by atoms with van der Waals surface area (Å²) in [6.45, 7) is 5.84. The van der Waals surface area contributed by atoms with Crippen LogP contribution in [0.1, 0.15) is 20.3 Å². The van der Waals surface area contributed by atoms with Crippen molar-refractivity contribution in [1.82, 2.24) is 4.90 Å². The molecule has 0 amide bonds. The van der Waals surface area contributed by atoms with Crippen LogP contribution in [0.2, 0.25) is 0 Å². The second-order valence-corrected chi connectivity index (χ2v) is 5.00. The molecule has 1 heterocycles. The van der Waals surface area contributed by atoms with E-state index in [-0.39, 0.29) is 0 Å². The molecule has 1 nitrogen and oxygen atoms in total. The van der Waals surface area contributed by atoms with Gasteiger partial charge in [-0.25, -0.2) is 0 Å². The normalized spacial score (nSPS) is 25.4. The molecule has 0 aliphatic carbocycles. The molecular formula is C9H19NS. The van der Waals surface area contributed by atoms with Gasteiger partial charge in [0.1, 0.15) is 0 Å². The second kappa shape index (κ2) is 4.36. The van der Waals surface area contributed by atoms with Crippen LogP contribution in [-0.2, 0) is 0 Å². The van der Waals surface area contributed by atoms with Crippen LogP contribution in [0.5, 0.6) is 0 Å². The molecule has 1 aliphatic heterocycles. The first-order valence-electron chi connectivity index (χ1n) is 4.48. The first-order valence-corrected chi connectivity index (χ1v) is 5.63. The van der Waals surface area contributed by atoms with Crippen LogP contribution >= 0.6 is 11.8 Å². The van der Waals surface area contributed by atoms with Crippen molar-refractivity contribution in [3.05, 3.63) is 0 Å². The topological polar surface area (TPSA) is 3.24 Å². The van der Waals surface area contributed by atoms with Crippen molar-refractivity contribution in [2.24, 2.45) is 5.92 Å². The van der Waals surface area contributed by atoms with E-state index >= 15 is 0 Å². The van der Waals surface area contributed by atoms with Crippen LogP contribution in [0.3, 0.4) is 0 Å². The van der Waals surface area contributed by atoms with Crippen molar-refractivity contribution in [1.29, 1.82) is 0 Å². The number of rotatable bonds is 3. The fourth-order valence-corrected chi connectivity index (χ4v) is 2.89. The fourth-order valence-electron chi connectivity index (χ4n) is 1.59. The molecule has 0 radical (unpaired) electrons. The van der Waals surface area contributed by atoms with Gasteiger partial charge in [0.15, 0.2) is 0 Å². The van der Waals surface area contributed by atoms with Crippen LogP contribution < -0.4 is 0 Å². The van der Waals surface area contributed by atoms with E-state index in [1.54, 1.807) is 0 Å². The molecule has 1 atom stereocenters. The van der Waals surface area contributed by atoms with Gasteiger partial charge in [0.05, 0.1) is 0 Å². The van der Waals surface area contributed by atoms with E-state index in [9.17, 15) is 0 Å². The average Bonchev–Trinajstić information content (AvgIpc) is 2.35. The molecule has 0 bridgehead atoms. The van der Waals surface area contributed by atoms with Gasteiger partial charge >= 0.3 is 0 Å². The quantitative estimate of drug-likeness (QED) is 0.643. The van der Waals surface area contributed by atoms with Crippen LogP contribution in [0.15, 0.2) is 0 Å². The lowest BCUT2D eigenvalue weighted by Crippen LogP contribution is -2.34. The molecule has 2 heteroatoms. The smallest absolute Gasteiger partial charge is 0.0191 e. The monoisotopic (exact) mass is 173 g/mol. The minimum absolute atomic E-state index is 0.811. The lowest BCUT2D eigenvalue weighted by molar-refractivity contribution is 0.235. The van der Waals surface area contributed by atoms with Gasteiger partial charge in [-0.3, -0.25) is 0 Å². The molecule has 1 aliphatic rings. The zero-order valence-corrected chi connectivity index (χ0v) is 8.66. The molecule has 66 valence electrons. The number of hydrogen-bond donors (Lipinski definition) is 0. The molecule has 0 aromatic rings. The van der Waals surface area contributed by atoms with Crippen molar-refractivity contribution >= 4 is 11.8 Å². The molecule has 1 unspecified atom stereocenters. The van der Waals surface area contributed by atoms with Gasteiger partial charge in [0.2, 0.25) is 0 Å². The highest BCUT2D eigenvalue weighted by Gasteiger charge is 2.19. The Balaban J connectivity index is 2.22. The van der Waals surface area contributed by atoms with Crippen molar-refractivity contribution in [3.8, 4) is 0 Å². The summed E-state index contributed by atoms with van der Waals surface area (Å²) < 4.78 is 0. The van der Waals surface area contributed by atoms with E-state index in [0.717, 1.165) is 12.0 Å². The van der Waals surface area contributed by atoms with Crippen LogP contribution in [0.4, 0.5) is 0 Å². The van der Waals surface area contributed by atoms with Gasteiger partial charge < -0.3 is 4.90 Å². The van der Waals surface area contributed by atoms with Crippen molar-refractivity contribution in [2.45, 2.75) is 26.3 Å². The third-order valence-corrected chi connectivity index (χ3v) is 3.33. The summed E-state index contributed by atoms with van der Waals surface area (Å²) in [5.74, 6) is 3.53. The molecule has 11 heavy (non-hydrogen) atoms. The summed E-state index contributed by atoms with van der Waals surface area (Å²) in [4.78, 5) is 2.52. The highest BCUT2D eigenvalue weighted by Crippen LogP contribution is 2.21. The van der Waals surface area contributed by atoms with Crippen LogP contribution in [0.25, 0.3) is 0 Å². The van der Waals surface area contributed by atoms with Crippen molar-refractivity contribution < 1.29 is 0 Å². The van der Waals surface area contributed by atoms with Gasteiger partial charge in [-0.1, -0.05) is 13.8 Å². The zero-order valence-electron chi connectivity index (χ0n) is 7.84. The minimum atomic E-state index is 0.811. The molecule has 0 aromatic heterocycles. The molecule has 1 fully saturated rings. The zero-order chi connectivity index (χ0) is 8.27. The van der Waals surface area contributed by atoms with Gasteiger partial charge in [0.25, 0.3) is 0 Å². The third-order valence-electron chi connectivity index (χ3n) is 2.18. The van der Waals surface area contributed by atoms with E-state index in [4.69, 9.17) is 0 Å². The number of thioether (sulfide) groups is 1. The molecule has 0 spiro atoms. The maximum absolute atomic E-state index is 2.52. The maximum Gasteiger partial charge on any atom is 0.0191 e. The van der Waals surface area contributed by atoms with E-state index in [1.807, 2.05) is 0 Å². The highest BCUT2D eigenvalue weighted by atomic mass is 32.2. The van der Waals surface area contributed by atoms with E-state index in [1.165, 1.54) is 24.5 Å². The average molecular weight is 173 g/mol. The standard InChI is InChI=1S/C9H19NS/c1-8(2)6-10(3)9-4-5-11-7-9/h8-9H,4-7H2,1-3H3. The van der Waals surface area contributed by atoms with Crippen LogP contribution in [-0.4, -0.2) is 36.0 Å². The largest absolute Gasteiger partial charge is 0.302 e. The molecule has 1 saturated heterocycles. The predicted molar refractivity (Wildman–Crippen MR) is 53.2 cm³/mol. The summed E-state index contributed by atoms with van der Waals surface area (Å²) in [6.07, 6.45) is 1.40. The highest BCUT2D eigenvalue weighted by molar-refractivity contribution is 7.99. The molecule has 1 rings (SSSR count). The summed E-state index contributed by atoms with van der Waals surface area (Å²) in [5, 5.41) is 0. The predicted octanol–water partition coefficient (Wildman–Crippen LogP) is 2.08. The second-order valence-electron chi connectivity index (χ2n) is 3.85. The Morgan fingerprint density at radius 3 is 2.73 bits per heavy atom. The lowest BCUT2D eigenvalue weighted by Gasteiger charge is -2.24. The minimum Gasteiger partial charge on any atom is -0.302 e. The summed E-state index contributed by atoms with van der Waals surface area (Å²) >= 11 is 2.10. The SMILES string of the molecule is CC(C)CN(C)C1CCSC1. The first-order chi connectivity index (χ1) is 5.20. The van der Waals surface area contributed by atoms with E-state index < -0.39 is 0 Å². The van der Waals surface area contributed by atoms with Crippen molar-refractivity contribution in [3.63, 3.8) is 0 Å². The summed E-state index contributed by atoms with van der Waals surface area (Å²) in [7, 11) is 2.26. The van der Waals surface area contributed by atoms with E-state index in [2.05, 4.69) is 37.6 Å². The Morgan fingerprint density at radius 2 is 2.27 bits per heavy atom. The Labute approximate surface area is 74.5 Å². The molecule has 0 N–H and O–H groups in total. The third kappa shape index (κ3) is 3.04. The van der Waals surface area contributed by atoms with Gasteiger partial charge in [-0.2, -0.15) is 11.8 Å². The summed E-state index contributed by atoms with van der Waals surface area (Å²) in [6, 6.07) is 0.863. The molecule has 0 saturated carbocycles. The van der Waals surface area contributed by atoms with Crippen molar-refractivity contribution in [2.75, 3.05) is 25.1 Å².